The first-order chi connectivity index (χ1) is 18.1. The highest BCUT2D eigenvalue weighted by atomic mass is 79.9. The van der Waals surface area contributed by atoms with Crippen molar-refractivity contribution >= 4 is 44.4 Å². The molecule has 37 heavy (non-hydrogen) atoms. The summed E-state index contributed by atoms with van der Waals surface area (Å²) in [6.07, 6.45) is 1.87. The molecule has 6 rings (SSSR count). The molecule has 0 atom stereocenters. The Kier molecular flexibility index (Phi) is 7.44. The third-order valence-electron chi connectivity index (χ3n) is 7.30. The minimum Gasteiger partial charge on any atom is -0.366 e. The van der Waals surface area contributed by atoms with Crippen molar-refractivity contribution in [3.63, 3.8) is 0 Å². The third-order valence-corrected chi connectivity index (χ3v) is 8.13. The maximum Gasteiger partial charge on any atom is 0.180 e. The molecule has 0 aliphatic carbocycles. The third kappa shape index (κ3) is 5.68. The highest BCUT2D eigenvalue weighted by molar-refractivity contribution is 9.10. The van der Waals surface area contributed by atoms with E-state index in [1.165, 1.54) is 11.1 Å². The molecular weight excluding hydrogens is 550 g/mol. The highest BCUT2D eigenvalue weighted by Gasteiger charge is 2.23. The second-order valence-electron chi connectivity index (χ2n) is 9.85. The van der Waals surface area contributed by atoms with Crippen molar-refractivity contribution < 1.29 is 0 Å². The Hall–Kier alpha value is -2.49. The predicted molar refractivity (Wildman–Crippen MR) is 154 cm³/mol. The first kappa shape index (κ1) is 24.8. The lowest BCUT2D eigenvalue weighted by atomic mass is 10.1. The minimum absolute atomic E-state index is 0.752. The van der Waals surface area contributed by atoms with Gasteiger partial charge in [0.15, 0.2) is 5.65 Å². The number of H-pyrrole nitrogens is 1. The molecular formula is C28H31BrClN7. The monoisotopic (exact) mass is 579 g/mol. The lowest BCUT2D eigenvalue weighted by Crippen LogP contribution is -2.46. The number of hydrogen-bond donors (Lipinski definition) is 2. The number of nitrogens with one attached hydrogen (secondary N) is 2. The van der Waals surface area contributed by atoms with E-state index in [4.69, 9.17) is 16.6 Å². The molecule has 7 nitrogen and oxygen atoms in total. The van der Waals surface area contributed by atoms with Crippen molar-refractivity contribution in [1.82, 2.24) is 30.1 Å². The first-order valence-electron chi connectivity index (χ1n) is 12.9. The number of halogens is 2. The molecule has 4 heterocycles. The van der Waals surface area contributed by atoms with Gasteiger partial charge in [0, 0.05) is 82.2 Å². The Balaban J connectivity index is 1.16. The Bertz CT molecular complexity index is 1340. The summed E-state index contributed by atoms with van der Waals surface area (Å²) in [4.78, 5) is 20.5. The average Bonchev–Trinajstić information content (AvgIpc) is 3.36. The normalized spacial score (nSPS) is 17.5. The summed E-state index contributed by atoms with van der Waals surface area (Å²) in [5.74, 6) is 0.858. The maximum absolute atomic E-state index is 6.05. The Morgan fingerprint density at radius 2 is 1.43 bits per heavy atom. The van der Waals surface area contributed by atoms with E-state index in [1.807, 2.05) is 18.3 Å². The van der Waals surface area contributed by atoms with Crippen molar-refractivity contribution in [2.45, 2.75) is 13.1 Å². The van der Waals surface area contributed by atoms with Gasteiger partial charge in [-0.15, -0.1) is 0 Å². The summed E-state index contributed by atoms with van der Waals surface area (Å²) >= 11 is 9.81. The van der Waals surface area contributed by atoms with E-state index in [2.05, 4.69) is 82.3 Å². The van der Waals surface area contributed by atoms with E-state index < -0.39 is 0 Å². The predicted octanol–water partition coefficient (Wildman–Crippen LogP) is 4.77. The molecule has 9 heteroatoms. The molecule has 2 aromatic heterocycles. The van der Waals surface area contributed by atoms with Crippen LogP contribution in [0.1, 0.15) is 11.1 Å². The Morgan fingerprint density at radius 3 is 2.11 bits per heavy atom. The number of anilines is 1. The van der Waals surface area contributed by atoms with Gasteiger partial charge in [-0.1, -0.05) is 48.0 Å². The fourth-order valence-corrected chi connectivity index (χ4v) is 5.92. The molecule has 2 saturated heterocycles. The number of benzene rings is 2. The van der Waals surface area contributed by atoms with E-state index in [-0.39, 0.29) is 0 Å². The van der Waals surface area contributed by atoms with Crippen molar-refractivity contribution in [2.75, 3.05) is 57.3 Å². The quantitative estimate of drug-likeness (QED) is 0.343. The molecule has 0 amide bonds. The molecule has 0 radical (unpaired) electrons. The summed E-state index contributed by atoms with van der Waals surface area (Å²) in [6.45, 7) is 10.2. The number of aromatic amines is 1. The number of imidazole rings is 1. The molecule has 2 fully saturated rings. The zero-order valence-electron chi connectivity index (χ0n) is 20.8. The van der Waals surface area contributed by atoms with Crippen LogP contribution in [-0.2, 0) is 13.1 Å². The van der Waals surface area contributed by atoms with Gasteiger partial charge in [-0.25, -0.2) is 9.97 Å². The minimum atomic E-state index is 0.752. The number of piperazine rings is 2. The van der Waals surface area contributed by atoms with E-state index in [0.717, 1.165) is 103 Å². The zero-order valence-corrected chi connectivity index (χ0v) is 23.1. The lowest BCUT2D eigenvalue weighted by Gasteiger charge is -2.36. The van der Waals surface area contributed by atoms with Gasteiger partial charge in [0.2, 0.25) is 0 Å². The average molecular weight is 581 g/mol. The number of rotatable bonds is 6. The first-order valence-corrected chi connectivity index (χ1v) is 14.1. The van der Waals surface area contributed by atoms with Gasteiger partial charge >= 0.3 is 0 Å². The fraction of sp³-hybridized carbons (Fsp3) is 0.357. The van der Waals surface area contributed by atoms with Crippen LogP contribution in [0, 0.1) is 0 Å². The van der Waals surface area contributed by atoms with Crippen LogP contribution in [-0.4, -0.2) is 77.1 Å². The van der Waals surface area contributed by atoms with Crippen LogP contribution in [0.25, 0.3) is 22.6 Å². The standard InChI is InChI=1S/C28H31BrClN7/c29-24-17-32-28-25(26(24)37-15-13-36(14-16-37)19-21-3-7-23(30)8-4-21)33-27(34-28)22-5-1-20(2-6-22)18-35-11-9-31-10-12-35/h1-8,17,31H,9-16,18-19H2,(H,32,33,34). The van der Waals surface area contributed by atoms with Gasteiger partial charge in [0.25, 0.3) is 0 Å². The van der Waals surface area contributed by atoms with Crippen LogP contribution in [0.5, 0.6) is 0 Å². The summed E-state index contributed by atoms with van der Waals surface area (Å²) in [5.41, 5.74) is 6.59. The largest absolute Gasteiger partial charge is 0.366 e. The number of nitrogens with zero attached hydrogens (tertiary/aromatic N) is 5. The molecule has 2 aliphatic heterocycles. The molecule has 0 saturated carbocycles. The van der Waals surface area contributed by atoms with Gasteiger partial charge in [-0.3, -0.25) is 9.80 Å². The maximum atomic E-state index is 6.05. The summed E-state index contributed by atoms with van der Waals surface area (Å²) < 4.78 is 0.993. The second-order valence-corrected chi connectivity index (χ2v) is 11.1. The summed E-state index contributed by atoms with van der Waals surface area (Å²) in [7, 11) is 0. The van der Waals surface area contributed by atoms with Crippen LogP contribution >= 0.6 is 27.5 Å². The molecule has 2 N–H and O–H groups in total. The van der Waals surface area contributed by atoms with E-state index >= 15 is 0 Å². The lowest BCUT2D eigenvalue weighted by molar-refractivity contribution is 0.233. The molecule has 2 aromatic carbocycles. The topological polar surface area (TPSA) is 63.3 Å². The summed E-state index contributed by atoms with van der Waals surface area (Å²) in [5, 5.41) is 4.20. The van der Waals surface area contributed by atoms with Gasteiger partial charge in [0.05, 0.1) is 10.2 Å². The van der Waals surface area contributed by atoms with Crippen molar-refractivity contribution in [3.8, 4) is 11.4 Å². The van der Waals surface area contributed by atoms with E-state index in [0.29, 0.717) is 0 Å². The van der Waals surface area contributed by atoms with Gasteiger partial charge in [-0.2, -0.15) is 0 Å². The van der Waals surface area contributed by atoms with Crippen LogP contribution in [0.2, 0.25) is 5.02 Å². The number of aromatic nitrogens is 3. The smallest absolute Gasteiger partial charge is 0.180 e. The second kappa shape index (κ2) is 11.1. The number of fused-ring (bicyclic) bond motifs is 1. The van der Waals surface area contributed by atoms with E-state index in [1.54, 1.807) is 0 Å². The van der Waals surface area contributed by atoms with Crippen LogP contribution in [0.15, 0.2) is 59.2 Å². The van der Waals surface area contributed by atoms with E-state index in [9.17, 15) is 0 Å². The van der Waals surface area contributed by atoms with Gasteiger partial charge in [0.1, 0.15) is 11.3 Å². The van der Waals surface area contributed by atoms with Crippen molar-refractivity contribution in [3.05, 3.63) is 75.4 Å². The van der Waals surface area contributed by atoms with Gasteiger partial charge < -0.3 is 15.2 Å². The van der Waals surface area contributed by atoms with Crippen LogP contribution < -0.4 is 10.2 Å². The van der Waals surface area contributed by atoms with Crippen molar-refractivity contribution in [2.24, 2.45) is 0 Å². The van der Waals surface area contributed by atoms with Crippen molar-refractivity contribution in [1.29, 1.82) is 0 Å². The molecule has 2 aliphatic rings. The molecule has 0 spiro atoms. The van der Waals surface area contributed by atoms with Gasteiger partial charge in [-0.05, 0) is 39.2 Å². The number of pyridine rings is 1. The van der Waals surface area contributed by atoms with Crippen LogP contribution in [0.4, 0.5) is 5.69 Å². The zero-order chi connectivity index (χ0) is 25.2. The highest BCUT2D eigenvalue weighted by Crippen LogP contribution is 2.34. The fourth-order valence-electron chi connectivity index (χ4n) is 5.24. The Morgan fingerprint density at radius 1 is 0.811 bits per heavy atom. The molecule has 0 unspecified atom stereocenters. The molecule has 192 valence electrons. The molecule has 0 bridgehead atoms. The SMILES string of the molecule is Clc1ccc(CN2CCN(c3c(Br)cnc4nc(-c5ccc(CN6CCNCC6)cc5)[nH]c34)CC2)cc1. The number of hydrogen-bond acceptors (Lipinski definition) is 6. The summed E-state index contributed by atoms with van der Waals surface area (Å²) in [6, 6.07) is 16.9. The molecule has 4 aromatic rings. The van der Waals surface area contributed by atoms with Crippen LogP contribution in [0.3, 0.4) is 0 Å². The Labute approximate surface area is 231 Å².